The number of hydrogen-bond donors (Lipinski definition) is 1. The van der Waals surface area contributed by atoms with Crippen molar-refractivity contribution in [3.05, 3.63) is 40.1 Å². The van der Waals surface area contributed by atoms with Gasteiger partial charge in [-0.2, -0.15) is 0 Å². The van der Waals surface area contributed by atoms with Crippen LogP contribution < -0.4 is 5.32 Å². The number of fused-ring (bicyclic) bond motifs is 1. The molecule has 0 bridgehead atoms. The fraction of sp³-hybridized carbons (Fsp3) is 0.529. The summed E-state index contributed by atoms with van der Waals surface area (Å²) in [6.07, 6.45) is 2.71. The second-order valence-corrected chi connectivity index (χ2v) is 7.42. The van der Waals surface area contributed by atoms with E-state index in [-0.39, 0.29) is 11.8 Å². The van der Waals surface area contributed by atoms with E-state index in [0.29, 0.717) is 12.6 Å². The summed E-state index contributed by atoms with van der Waals surface area (Å²) in [5.74, 6) is -0.0336. The lowest BCUT2D eigenvalue weighted by molar-refractivity contribution is -0.123. The maximum absolute atomic E-state index is 12.7. The minimum absolute atomic E-state index is 0.108. The largest absolute Gasteiger partial charge is 0.355 e. The lowest BCUT2D eigenvalue weighted by atomic mass is 9.96. The summed E-state index contributed by atoms with van der Waals surface area (Å²) in [4.78, 5) is 20.8. The zero-order chi connectivity index (χ0) is 16.4. The summed E-state index contributed by atoms with van der Waals surface area (Å²) in [5.41, 5.74) is 2.10. The Bertz CT molecular complexity index is 662. The second-order valence-electron chi connectivity index (χ2n) is 6.38. The van der Waals surface area contributed by atoms with Crippen LogP contribution in [0.25, 0.3) is 0 Å². The van der Waals surface area contributed by atoms with Crippen molar-refractivity contribution in [1.82, 2.24) is 19.8 Å². The van der Waals surface area contributed by atoms with Crippen molar-refractivity contribution in [2.24, 2.45) is 7.05 Å². The zero-order valence-corrected chi connectivity index (χ0v) is 14.8. The van der Waals surface area contributed by atoms with Crippen LogP contribution in [0.2, 0.25) is 0 Å². The molecule has 5 nitrogen and oxygen atoms in total. The highest BCUT2D eigenvalue weighted by atomic mass is 32.1. The average molecular weight is 332 g/mol. The molecule has 0 radical (unpaired) electrons. The first-order valence-electron chi connectivity index (χ1n) is 8.10. The fourth-order valence-electron chi connectivity index (χ4n) is 3.12. The molecule has 1 atom stereocenters. The van der Waals surface area contributed by atoms with Gasteiger partial charge in [-0.05, 0) is 31.7 Å². The number of rotatable bonds is 5. The molecular weight excluding hydrogens is 308 g/mol. The van der Waals surface area contributed by atoms with Crippen molar-refractivity contribution >= 4 is 17.2 Å². The maximum atomic E-state index is 12.7. The van der Waals surface area contributed by atoms with E-state index in [1.54, 1.807) is 11.3 Å². The number of aromatic nitrogens is 2. The third kappa shape index (κ3) is 3.48. The molecule has 1 unspecified atom stereocenters. The van der Waals surface area contributed by atoms with E-state index in [1.165, 1.54) is 4.88 Å². The molecule has 1 amide bonds. The topological polar surface area (TPSA) is 50.2 Å². The number of imidazole rings is 1. The summed E-state index contributed by atoms with van der Waals surface area (Å²) < 4.78 is 2.00. The van der Waals surface area contributed by atoms with Crippen molar-refractivity contribution in [2.45, 2.75) is 38.8 Å². The van der Waals surface area contributed by atoms with Crippen LogP contribution in [0.1, 0.15) is 36.0 Å². The zero-order valence-electron chi connectivity index (χ0n) is 14.0. The van der Waals surface area contributed by atoms with Crippen LogP contribution in [0.15, 0.2) is 23.8 Å². The smallest absolute Gasteiger partial charge is 0.230 e. The molecule has 0 aromatic carbocycles. The van der Waals surface area contributed by atoms with Gasteiger partial charge in [0.25, 0.3) is 0 Å². The molecule has 3 heterocycles. The fourth-order valence-corrected chi connectivity index (χ4v) is 3.83. The normalized spacial score (nSPS) is 18.2. The Balaban J connectivity index is 1.69. The predicted octanol–water partition coefficient (Wildman–Crippen LogP) is 2.15. The highest BCUT2D eigenvalue weighted by molar-refractivity contribution is 7.09. The number of carbonyl (C=O) groups excluding carboxylic acids is 1. The first-order valence-corrected chi connectivity index (χ1v) is 8.98. The Hall–Kier alpha value is -1.66. The Morgan fingerprint density at radius 1 is 1.52 bits per heavy atom. The van der Waals surface area contributed by atoms with Crippen LogP contribution in [0.3, 0.4) is 0 Å². The first-order chi connectivity index (χ1) is 11.1. The number of thiophene rings is 1. The van der Waals surface area contributed by atoms with Crippen molar-refractivity contribution in [3.8, 4) is 0 Å². The summed E-state index contributed by atoms with van der Waals surface area (Å²) in [7, 11) is 1.97. The van der Waals surface area contributed by atoms with Gasteiger partial charge in [0.2, 0.25) is 5.91 Å². The summed E-state index contributed by atoms with van der Waals surface area (Å²) >= 11 is 1.73. The number of nitrogens with zero attached hydrogens (tertiary/aromatic N) is 3. The number of aryl methyl sites for hydroxylation is 1. The van der Waals surface area contributed by atoms with Crippen LogP contribution in [0.4, 0.5) is 0 Å². The van der Waals surface area contributed by atoms with Crippen LogP contribution >= 0.6 is 11.3 Å². The van der Waals surface area contributed by atoms with Crippen molar-refractivity contribution < 1.29 is 4.79 Å². The van der Waals surface area contributed by atoms with Crippen molar-refractivity contribution in [2.75, 3.05) is 13.1 Å². The lowest BCUT2D eigenvalue weighted by Crippen LogP contribution is -2.44. The Labute approximate surface area is 141 Å². The molecule has 2 aromatic rings. The molecule has 0 aliphatic carbocycles. The van der Waals surface area contributed by atoms with E-state index in [0.717, 1.165) is 30.9 Å². The van der Waals surface area contributed by atoms with E-state index in [1.807, 2.05) is 24.0 Å². The van der Waals surface area contributed by atoms with Gasteiger partial charge in [-0.3, -0.25) is 9.69 Å². The van der Waals surface area contributed by atoms with Gasteiger partial charge in [0.05, 0.1) is 23.6 Å². The molecular formula is C17H24N4OS. The molecule has 6 heteroatoms. The maximum Gasteiger partial charge on any atom is 0.230 e. The molecule has 23 heavy (non-hydrogen) atoms. The van der Waals surface area contributed by atoms with Crippen LogP contribution in [-0.2, 0) is 24.8 Å². The van der Waals surface area contributed by atoms with Crippen LogP contribution in [0.5, 0.6) is 0 Å². The highest BCUT2D eigenvalue weighted by Crippen LogP contribution is 2.28. The summed E-state index contributed by atoms with van der Waals surface area (Å²) in [6, 6.07) is 4.56. The van der Waals surface area contributed by atoms with E-state index < -0.39 is 0 Å². The van der Waals surface area contributed by atoms with Gasteiger partial charge in [0.15, 0.2) is 0 Å². The molecule has 124 valence electrons. The van der Waals surface area contributed by atoms with E-state index in [2.05, 4.69) is 40.5 Å². The van der Waals surface area contributed by atoms with Crippen LogP contribution in [-0.4, -0.2) is 39.5 Å². The minimum atomic E-state index is -0.142. The Morgan fingerprint density at radius 3 is 3.04 bits per heavy atom. The molecule has 1 aliphatic heterocycles. The predicted molar refractivity (Wildman–Crippen MR) is 92.5 cm³/mol. The van der Waals surface area contributed by atoms with Gasteiger partial charge in [-0.1, -0.05) is 6.07 Å². The molecule has 3 rings (SSSR count). The number of amides is 1. The number of nitrogens with one attached hydrogen (secondary N) is 1. The number of hydrogen-bond acceptors (Lipinski definition) is 4. The standard InChI is InChI=1S/C17H24N4OS/c1-12(2)21-9-14(16-15(10-21)19-11-20(16)3)17(22)18-7-6-13-5-4-8-23-13/h4-5,8,11-12,14H,6-7,9-10H2,1-3H3,(H,18,22). The van der Waals surface area contributed by atoms with Gasteiger partial charge >= 0.3 is 0 Å². The highest BCUT2D eigenvalue weighted by Gasteiger charge is 2.34. The molecule has 0 saturated carbocycles. The molecule has 0 saturated heterocycles. The van der Waals surface area contributed by atoms with E-state index >= 15 is 0 Å². The molecule has 0 fully saturated rings. The van der Waals surface area contributed by atoms with Crippen LogP contribution in [0, 0.1) is 0 Å². The molecule has 2 aromatic heterocycles. The molecule has 0 spiro atoms. The summed E-state index contributed by atoms with van der Waals surface area (Å²) in [5, 5.41) is 5.18. The Morgan fingerprint density at radius 2 is 2.35 bits per heavy atom. The van der Waals surface area contributed by atoms with Gasteiger partial charge < -0.3 is 9.88 Å². The minimum Gasteiger partial charge on any atom is -0.355 e. The third-order valence-corrected chi connectivity index (χ3v) is 5.40. The van der Waals surface area contributed by atoms with Gasteiger partial charge in [0, 0.05) is 37.6 Å². The van der Waals surface area contributed by atoms with E-state index in [9.17, 15) is 4.79 Å². The summed E-state index contributed by atoms with van der Waals surface area (Å²) in [6.45, 7) is 6.60. The second kappa shape index (κ2) is 6.84. The SMILES string of the molecule is CC(C)N1Cc2ncn(C)c2C(C(=O)NCCc2cccs2)C1. The molecule has 1 aliphatic rings. The number of carbonyl (C=O) groups is 1. The van der Waals surface area contributed by atoms with Gasteiger partial charge in [-0.15, -0.1) is 11.3 Å². The van der Waals surface area contributed by atoms with Gasteiger partial charge in [-0.25, -0.2) is 4.98 Å². The Kier molecular flexibility index (Phi) is 4.82. The van der Waals surface area contributed by atoms with Crippen molar-refractivity contribution in [1.29, 1.82) is 0 Å². The molecule has 1 N–H and O–H groups in total. The van der Waals surface area contributed by atoms with Crippen molar-refractivity contribution in [3.63, 3.8) is 0 Å². The quantitative estimate of drug-likeness (QED) is 0.913. The lowest BCUT2D eigenvalue weighted by Gasteiger charge is -2.34. The third-order valence-electron chi connectivity index (χ3n) is 4.46. The monoisotopic (exact) mass is 332 g/mol. The van der Waals surface area contributed by atoms with E-state index in [4.69, 9.17) is 0 Å². The first kappa shape index (κ1) is 16.2. The van der Waals surface area contributed by atoms with Gasteiger partial charge in [0.1, 0.15) is 0 Å². The average Bonchev–Trinajstić information content (AvgIpc) is 3.16.